The van der Waals surface area contributed by atoms with E-state index in [0.29, 0.717) is 29.2 Å². The van der Waals surface area contributed by atoms with E-state index in [9.17, 15) is 14.4 Å². The molecule has 0 spiro atoms. The molecule has 1 atom stereocenters. The minimum atomic E-state index is -0.549. The van der Waals surface area contributed by atoms with Crippen LogP contribution in [0.25, 0.3) is 0 Å². The molecule has 8 nitrogen and oxygen atoms in total. The van der Waals surface area contributed by atoms with Gasteiger partial charge in [-0.05, 0) is 56.7 Å². The molecule has 4 amide bonds. The van der Waals surface area contributed by atoms with Gasteiger partial charge in [-0.2, -0.15) is 0 Å². The van der Waals surface area contributed by atoms with Crippen molar-refractivity contribution in [3.8, 4) is 5.75 Å². The lowest BCUT2D eigenvalue weighted by Crippen LogP contribution is -2.39. The number of hydrogen-bond acceptors (Lipinski definition) is 4. The fourth-order valence-corrected chi connectivity index (χ4v) is 2.76. The van der Waals surface area contributed by atoms with E-state index < -0.39 is 6.10 Å². The molecule has 1 aliphatic heterocycles. The van der Waals surface area contributed by atoms with Crippen molar-refractivity contribution in [2.75, 3.05) is 10.6 Å². The van der Waals surface area contributed by atoms with Gasteiger partial charge in [0.25, 0.3) is 11.8 Å². The van der Waals surface area contributed by atoms with E-state index in [4.69, 9.17) is 4.74 Å². The maximum Gasteiger partial charge on any atom is 0.315 e. The van der Waals surface area contributed by atoms with Gasteiger partial charge in [-0.15, -0.1) is 0 Å². The Morgan fingerprint density at radius 2 is 1.86 bits per heavy atom. The summed E-state index contributed by atoms with van der Waals surface area (Å²) in [6.45, 7) is 5.81. The highest BCUT2D eigenvalue weighted by molar-refractivity contribution is 6.05. The Hall–Kier alpha value is -3.55. The average Bonchev–Trinajstić information content (AvgIpc) is 2.67. The standard InChI is InChI=1S/C21H24N4O4/c1-12(2)23-21(28)22-11-14-4-6-15(7-5-14)20(27)24-16-8-9-18-17(10-16)25-19(26)13(3)29-18/h4-10,12-13H,11H2,1-3H3,(H,24,27)(H,25,26)(H2,22,23,28)/t13-/m0/s1. The fourth-order valence-electron chi connectivity index (χ4n) is 2.76. The van der Waals surface area contributed by atoms with Gasteiger partial charge in [0.1, 0.15) is 5.75 Å². The molecule has 0 unspecified atom stereocenters. The maximum atomic E-state index is 12.5. The largest absolute Gasteiger partial charge is 0.479 e. The zero-order valence-corrected chi connectivity index (χ0v) is 16.5. The van der Waals surface area contributed by atoms with Crippen LogP contribution >= 0.6 is 0 Å². The lowest BCUT2D eigenvalue weighted by atomic mass is 10.1. The van der Waals surface area contributed by atoms with E-state index in [2.05, 4.69) is 21.3 Å². The van der Waals surface area contributed by atoms with Gasteiger partial charge in [0.15, 0.2) is 6.10 Å². The summed E-state index contributed by atoms with van der Waals surface area (Å²) in [4.78, 5) is 35.8. The molecule has 0 saturated carbocycles. The number of urea groups is 1. The van der Waals surface area contributed by atoms with Crippen LogP contribution in [0.15, 0.2) is 42.5 Å². The molecule has 0 bridgehead atoms. The average molecular weight is 396 g/mol. The molecule has 2 aromatic rings. The topological polar surface area (TPSA) is 109 Å². The molecule has 0 fully saturated rings. The van der Waals surface area contributed by atoms with Gasteiger partial charge < -0.3 is 26.0 Å². The van der Waals surface area contributed by atoms with Gasteiger partial charge in [0.05, 0.1) is 5.69 Å². The maximum absolute atomic E-state index is 12.5. The second-order valence-corrected chi connectivity index (χ2v) is 7.09. The SMILES string of the molecule is CC(C)NC(=O)NCc1ccc(C(=O)Nc2ccc3c(c2)NC(=O)[C@H](C)O3)cc1. The number of fused-ring (bicyclic) bond motifs is 1. The first kappa shape index (κ1) is 20.2. The van der Waals surface area contributed by atoms with Gasteiger partial charge in [0.2, 0.25) is 0 Å². The highest BCUT2D eigenvalue weighted by Crippen LogP contribution is 2.32. The molecular weight excluding hydrogens is 372 g/mol. The Balaban J connectivity index is 1.59. The van der Waals surface area contributed by atoms with Crippen LogP contribution in [0.4, 0.5) is 16.2 Å². The van der Waals surface area contributed by atoms with E-state index in [1.807, 2.05) is 13.8 Å². The van der Waals surface area contributed by atoms with E-state index in [-0.39, 0.29) is 23.9 Å². The highest BCUT2D eigenvalue weighted by atomic mass is 16.5. The van der Waals surface area contributed by atoms with Crippen molar-refractivity contribution >= 4 is 29.2 Å². The Morgan fingerprint density at radius 1 is 1.14 bits per heavy atom. The molecule has 1 aliphatic rings. The monoisotopic (exact) mass is 396 g/mol. The fraction of sp³-hybridized carbons (Fsp3) is 0.286. The number of rotatable bonds is 5. The summed E-state index contributed by atoms with van der Waals surface area (Å²) in [5.74, 6) is 0.0548. The highest BCUT2D eigenvalue weighted by Gasteiger charge is 2.23. The van der Waals surface area contributed by atoms with Crippen molar-refractivity contribution in [1.29, 1.82) is 0 Å². The molecule has 0 aliphatic carbocycles. The van der Waals surface area contributed by atoms with E-state index in [1.165, 1.54) is 0 Å². The quantitative estimate of drug-likeness (QED) is 0.623. The molecule has 8 heteroatoms. The van der Waals surface area contributed by atoms with Gasteiger partial charge in [0, 0.05) is 23.8 Å². The molecular formula is C21H24N4O4. The lowest BCUT2D eigenvalue weighted by Gasteiger charge is -2.23. The minimum Gasteiger partial charge on any atom is -0.479 e. The van der Waals surface area contributed by atoms with Crippen LogP contribution in [0, 0.1) is 0 Å². The van der Waals surface area contributed by atoms with Crippen molar-refractivity contribution in [3.05, 3.63) is 53.6 Å². The van der Waals surface area contributed by atoms with Gasteiger partial charge >= 0.3 is 6.03 Å². The molecule has 0 saturated heterocycles. The van der Waals surface area contributed by atoms with Crippen LogP contribution in [-0.2, 0) is 11.3 Å². The molecule has 3 rings (SSSR count). The molecule has 152 valence electrons. The van der Waals surface area contributed by atoms with Gasteiger partial charge in [-0.1, -0.05) is 12.1 Å². The Labute approximate surface area is 169 Å². The third-order valence-electron chi connectivity index (χ3n) is 4.26. The van der Waals surface area contributed by atoms with Crippen molar-refractivity contribution in [3.63, 3.8) is 0 Å². The number of amides is 4. The number of carbonyl (C=O) groups excluding carboxylic acids is 3. The van der Waals surface area contributed by atoms with Crippen LogP contribution < -0.4 is 26.0 Å². The predicted octanol–water partition coefficient (Wildman–Crippen LogP) is 2.87. The molecule has 4 N–H and O–H groups in total. The van der Waals surface area contributed by atoms with Crippen LogP contribution in [-0.4, -0.2) is 30.0 Å². The lowest BCUT2D eigenvalue weighted by molar-refractivity contribution is -0.122. The molecule has 29 heavy (non-hydrogen) atoms. The summed E-state index contributed by atoms with van der Waals surface area (Å²) >= 11 is 0. The summed E-state index contributed by atoms with van der Waals surface area (Å²) < 4.78 is 5.50. The number of nitrogens with one attached hydrogen (secondary N) is 4. The summed E-state index contributed by atoms with van der Waals surface area (Å²) in [6, 6.07) is 11.9. The first-order chi connectivity index (χ1) is 13.8. The molecule has 2 aromatic carbocycles. The summed E-state index contributed by atoms with van der Waals surface area (Å²) in [6.07, 6.45) is -0.549. The smallest absolute Gasteiger partial charge is 0.315 e. The number of benzene rings is 2. The zero-order valence-electron chi connectivity index (χ0n) is 16.5. The van der Waals surface area contributed by atoms with Crippen LogP contribution in [0.3, 0.4) is 0 Å². The Kier molecular flexibility index (Phi) is 6.01. The first-order valence-electron chi connectivity index (χ1n) is 9.38. The molecule has 0 aromatic heterocycles. The van der Waals surface area contributed by atoms with E-state index in [0.717, 1.165) is 5.56 Å². The number of carbonyl (C=O) groups is 3. The summed E-state index contributed by atoms with van der Waals surface area (Å²) in [7, 11) is 0. The van der Waals surface area contributed by atoms with Crippen LogP contribution in [0.2, 0.25) is 0 Å². The molecule has 1 heterocycles. The van der Waals surface area contributed by atoms with Crippen molar-refractivity contribution < 1.29 is 19.1 Å². The third-order valence-corrected chi connectivity index (χ3v) is 4.26. The van der Waals surface area contributed by atoms with Crippen molar-refractivity contribution in [2.45, 2.75) is 39.5 Å². The van der Waals surface area contributed by atoms with Crippen molar-refractivity contribution in [2.24, 2.45) is 0 Å². The minimum absolute atomic E-state index is 0.0629. The molecule has 0 radical (unpaired) electrons. The summed E-state index contributed by atoms with van der Waals surface area (Å²) in [5, 5.41) is 11.1. The number of hydrogen-bond donors (Lipinski definition) is 4. The van der Waals surface area contributed by atoms with Gasteiger partial charge in [-0.25, -0.2) is 4.79 Å². The normalized spacial score (nSPS) is 15.0. The Morgan fingerprint density at radius 3 is 2.55 bits per heavy atom. The van der Waals surface area contributed by atoms with Crippen LogP contribution in [0.5, 0.6) is 5.75 Å². The number of anilines is 2. The third kappa shape index (κ3) is 5.25. The van der Waals surface area contributed by atoms with Crippen LogP contribution in [0.1, 0.15) is 36.7 Å². The van der Waals surface area contributed by atoms with E-state index >= 15 is 0 Å². The Bertz CT molecular complexity index is 925. The summed E-state index contributed by atoms with van der Waals surface area (Å²) in [5.41, 5.74) is 2.42. The van der Waals surface area contributed by atoms with E-state index in [1.54, 1.807) is 49.4 Å². The first-order valence-corrected chi connectivity index (χ1v) is 9.38. The number of ether oxygens (including phenoxy) is 1. The predicted molar refractivity (Wildman–Crippen MR) is 110 cm³/mol. The zero-order chi connectivity index (χ0) is 21.0. The van der Waals surface area contributed by atoms with Gasteiger partial charge in [-0.3, -0.25) is 9.59 Å². The second-order valence-electron chi connectivity index (χ2n) is 7.09. The second kappa shape index (κ2) is 8.64. The van der Waals surface area contributed by atoms with Crippen molar-refractivity contribution in [1.82, 2.24) is 10.6 Å².